The highest BCUT2D eigenvalue weighted by Gasteiger charge is 2.32. The molecule has 1 fully saturated rings. The molecule has 21 heavy (non-hydrogen) atoms. The quantitative estimate of drug-likeness (QED) is 0.911. The summed E-state index contributed by atoms with van der Waals surface area (Å²) in [5.41, 5.74) is 1.04. The molecule has 1 saturated heterocycles. The van der Waals surface area contributed by atoms with Gasteiger partial charge in [0.15, 0.2) is 0 Å². The summed E-state index contributed by atoms with van der Waals surface area (Å²) in [6.45, 7) is 1.21. The first-order valence-electron chi connectivity index (χ1n) is 6.77. The molecule has 0 aliphatic carbocycles. The molecule has 2 bridgehead atoms. The number of methoxy groups -OCH3 is 1. The first-order chi connectivity index (χ1) is 9.97. The second-order valence-corrected chi connectivity index (χ2v) is 5.32. The van der Waals surface area contributed by atoms with E-state index in [-0.39, 0.29) is 17.8 Å². The first-order valence-corrected chi connectivity index (χ1v) is 6.77. The van der Waals surface area contributed by atoms with Crippen molar-refractivity contribution >= 4 is 5.57 Å². The fourth-order valence-corrected chi connectivity index (χ4v) is 2.86. The molecule has 2 aliphatic rings. The average Bonchev–Trinajstić information content (AvgIpc) is 2.45. The number of alkyl halides is 3. The van der Waals surface area contributed by atoms with Gasteiger partial charge in [0.1, 0.15) is 5.75 Å². The van der Waals surface area contributed by atoms with E-state index in [1.165, 1.54) is 13.2 Å². The maximum absolute atomic E-state index is 12.8. The molecule has 0 spiro atoms. The number of halogens is 3. The summed E-state index contributed by atoms with van der Waals surface area (Å²) < 4.78 is 48.9. The summed E-state index contributed by atoms with van der Waals surface area (Å²) in [7, 11) is 1.39. The minimum absolute atomic E-state index is 0.111. The number of hydrogen-bond acceptors (Lipinski definition) is 3. The molecule has 2 atom stereocenters. The summed E-state index contributed by atoms with van der Waals surface area (Å²) in [5.74, 6) is 0.261. The third-order valence-corrected chi connectivity index (χ3v) is 3.81. The van der Waals surface area contributed by atoms with E-state index in [1.807, 2.05) is 6.08 Å². The molecule has 6 heteroatoms. The van der Waals surface area contributed by atoms with Crippen LogP contribution in [0.4, 0.5) is 13.2 Å². The van der Waals surface area contributed by atoms with Crippen LogP contribution in [0.5, 0.6) is 5.75 Å². The van der Waals surface area contributed by atoms with Crippen molar-refractivity contribution in [1.82, 2.24) is 5.32 Å². The van der Waals surface area contributed by atoms with Crippen LogP contribution in [0, 0.1) is 0 Å². The molecule has 1 N–H and O–H groups in total. The lowest BCUT2D eigenvalue weighted by atomic mass is 9.90. The lowest BCUT2D eigenvalue weighted by molar-refractivity contribution is -0.137. The fraction of sp³-hybridized carbons (Fsp3) is 0.467. The Morgan fingerprint density at radius 1 is 1.29 bits per heavy atom. The van der Waals surface area contributed by atoms with Gasteiger partial charge in [-0.3, -0.25) is 0 Å². The third kappa shape index (κ3) is 2.91. The van der Waals surface area contributed by atoms with Gasteiger partial charge < -0.3 is 14.8 Å². The Morgan fingerprint density at radius 2 is 2.10 bits per heavy atom. The maximum Gasteiger partial charge on any atom is 0.416 e. The molecule has 1 aromatic carbocycles. The van der Waals surface area contributed by atoms with E-state index in [1.54, 1.807) is 0 Å². The highest BCUT2D eigenvalue weighted by molar-refractivity contribution is 5.73. The van der Waals surface area contributed by atoms with Crippen LogP contribution in [0.3, 0.4) is 0 Å². The molecule has 1 aromatic rings. The van der Waals surface area contributed by atoms with Crippen molar-refractivity contribution in [3.8, 4) is 5.75 Å². The highest BCUT2D eigenvalue weighted by atomic mass is 19.4. The zero-order valence-electron chi connectivity index (χ0n) is 11.5. The lowest BCUT2D eigenvalue weighted by Gasteiger charge is -2.35. The number of benzene rings is 1. The largest absolute Gasteiger partial charge is 0.496 e. The molecule has 0 aromatic heterocycles. The summed E-state index contributed by atoms with van der Waals surface area (Å²) in [6, 6.07) is 3.97. The van der Waals surface area contributed by atoms with Gasteiger partial charge >= 0.3 is 6.18 Å². The molecular formula is C15H16F3NO2. The van der Waals surface area contributed by atoms with Gasteiger partial charge in [0.2, 0.25) is 0 Å². The van der Waals surface area contributed by atoms with Crippen molar-refractivity contribution in [2.24, 2.45) is 0 Å². The van der Waals surface area contributed by atoms with Crippen molar-refractivity contribution < 1.29 is 22.6 Å². The Labute approximate surface area is 120 Å². The Morgan fingerprint density at radius 3 is 2.76 bits per heavy atom. The molecule has 3 nitrogen and oxygen atoms in total. The molecule has 2 aliphatic heterocycles. The predicted octanol–water partition coefficient (Wildman–Crippen LogP) is 2.86. The van der Waals surface area contributed by atoms with Gasteiger partial charge in [-0.25, -0.2) is 0 Å². The molecule has 2 heterocycles. The van der Waals surface area contributed by atoms with Gasteiger partial charge in [0.05, 0.1) is 25.9 Å². The standard InChI is InChI=1S/C15H16F3NO2/c1-20-14-6-10(15(16,17)18)2-3-13(14)9-4-11-7-21-8-12(5-9)19-11/h2-4,6,11-12,19H,5,7-8H2,1H3. The topological polar surface area (TPSA) is 30.5 Å². The van der Waals surface area contributed by atoms with E-state index in [4.69, 9.17) is 9.47 Å². The second-order valence-electron chi connectivity index (χ2n) is 5.32. The Hall–Kier alpha value is -1.53. The minimum Gasteiger partial charge on any atom is -0.496 e. The summed E-state index contributed by atoms with van der Waals surface area (Å²) in [6.07, 6.45) is -1.63. The van der Waals surface area contributed by atoms with Gasteiger partial charge in [-0.1, -0.05) is 12.1 Å². The van der Waals surface area contributed by atoms with E-state index in [9.17, 15) is 13.2 Å². The maximum atomic E-state index is 12.8. The molecule has 3 rings (SSSR count). The summed E-state index contributed by atoms with van der Waals surface area (Å²) in [5, 5.41) is 3.40. The van der Waals surface area contributed by atoms with E-state index in [0.717, 1.165) is 29.7 Å². The first kappa shape index (κ1) is 14.4. The number of morpholine rings is 1. The smallest absolute Gasteiger partial charge is 0.416 e. The van der Waals surface area contributed by atoms with Crippen LogP contribution >= 0.6 is 0 Å². The molecule has 2 unspecified atom stereocenters. The zero-order chi connectivity index (χ0) is 15.0. The molecular weight excluding hydrogens is 283 g/mol. The summed E-state index contributed by atoms with van der Waals surface area (Å²) in [4.78, 5) is 0. The SMILES string of the molecule is COc1cc(C(F)(F)F)ccc1C1=CC2COCC(C1)N2. The Balaban J connectivity index is 1.97. The number of hydrogen-bond donors (Lipinski definition) is 1. The van der Waals surface area contributed by atoms with E-state index in [2.05, 4.69) is 5.32 Å². The van der Waals surface area contributed by atoms with Crippen molar-refractivity contribution in [2.45, 2.75) is 24.7 Å². The van der Waals surface area contributed by atoms with Gasteiger partial charge in [0.25, 0.3) is 0 Å². The van der Waals surface area contributed by atoms with Crippen molar-refractivity contribution in [3.05, 3.63) is 35.4 Å². The number of rotatable bonds is 2. The van der Waals surface area contributed by atoms with Crippen molar-refractivity contribution in [2.75, 3.05) is 20.3 Å². The van der Waals surface area contributed by atoms with Gasteiger partial charge in [-0.15, -0.1) is 0 Å². The van der Waals surface area contributed by atoms with Crippen LogP contribution in [0.25, 0.3) is 5.57 Å². The van der Waals surface area contributed by atoms with E-state index < -0.39 is 11.7 Å². The van der Waals surface area contributed by atoms with Crippen LogP contribution in [0.15, 0.2) is 24.3 Å². The molecule has 0 radical (unpaired) electrons. The second kappa shape index (κ2) is 5.35. The number of nitrogens with one attached hydrogen (secondary N) is 1. The minimum atomic E-state index is -4.36. The Bertz CT molecular complexity index is 569. The Kier molecular flexibility index (Phi) is 3.67. The molecule has 0 saturated carbocycles. The fourth-order valence-electron chi connectivity index (χ4n) is 2.86. The van der Waals surface area contributed by atoms with E-state index >= 15 is 0 Å². The van der Waals surface area contributed by atoms with Crippen LogP contribution < -0.4 is 10.1 Å². The lowest BCUT2D eigenvalue weighted by Crippen LogP contribution is -2.50. The normalized spacial score (nSPS) is 25.4. The van der Waals surface area contributed by atoms with Crippen molar-refractivity contribution in [1.29, 1.82) is 0 Å². The third-order valence-electron chi connectivity index (χ3n) is 3.81. The number of fused-ring (bicyclic) bond motifs is 2. The van der Waals surface area contributed by atoms with Gasteiger partial charge in [0, 0.05) is 17.6 Å². The van der Waals surface area contributed by atoms with Crippen LogP contribution in [-0.2, 0) is 10.9 Å². The average molecular weight is 299 g/mol. The molecule has 114 valence electrons. The molecule has 0 amide bonds. The van der Waals surface area contributed by atoms with E-state index in [0.29, 0.717) is 13.2 Å². The highest BCUT2D eigenvalue weighted by Crippen LogP contribution is 2.37. The van der Waals surface area contributed by atoms with Gasteiger partial charge in [-0.05, 0) is 24.1 Å². The van der Waals surface area contributed by atoms with Crippen LogP contribution in [-0.4, -0.2) is 32.4 Å². The predicted molar refractivity (Wildman–Crippen MR) is 72.1 cm³/mol. The zero-order valence-corrected chi connectivity index (χ0v) is 11.5. The van der Waals surface area contributed by atoms with Gasteiger partial charge in [-0.2, -0.15) is 13.2 Å². The summed E-state index contributed by atoms with van der Waals surface area (Å²) >= 11 is 0. The monoisotopic (exact) mass is 299 g/mol. The van der Waals surface area contributed by atoms with Crippen LogP contribution in [0.1, 0.15) is 17.5 Å². The van der Waals surface area contributed by atoms with Crippen molar-refractivity contribution in [3.63, 3.8) is 0 Å². The van der Waals surface area contributed by atoms with Crippen LogP contribution in [0.2, 0.25) is 0 Å². The number of ether oxygens (including phenoxy) is 2.